The fourth-order valence-electron chi connectivity index (χ4n) is 6.72. The van der Waals surface area contributed by atoms with Crippen LogP contribution < -0.4 is 21.3 Å². The molecule has 3 heterocycles. The first kappa shape index (κ1) is 32.8. The van der Waals surface area contributed by atoms with Gasteiger partial charge in [0.2, 0.25) is 11.2 Å². The number of carbonyl (C=O) groups is 2. The van der Waals surface area contributed by atoms with Gasteiger partial charge >= 0.3 is 0 Å². The number of halogens is 1. The molecular weight excluding hydrogens is 612 g/mol. The summed E-state index contributed by atoms with van der Waals surface area (Å²) in [6, 6.07) is 17.7. The third kappa shape index (κ3) is 8.25. The molecule has 1 saturated heterocycles. The van der Waals surface area contributed by atoms with E-state index in [0.717, 1.165) is 79.9 Å². The molecule has 6 rings (SSSR count). The highest BCUT2D eigenvalue weighted by Gasteiger charge is 2.30. The van der Waals surface area contributed by atoms with E-state index in [4.69, 9.17) is 22.3 Å². The number of amides is 1. The summed E-state index contributed by atoms with van der Waals surface area (Å²) in [4.78, 5) is 38.5. The summed E-state index contributed by atoms with van der Waals surface area (Å²) in [5, 5.41) is 13.4. The van der Waals surface area contributed by atoms with Gasteiger partial charge in [-0.05, 0) is 110 Å². The Morgan fingerprint density at radius 3 is 2.36 bits per heavy atom. The van der Waals surface area contributed by atoms with Crippen molar-refractivity contribution < 1.29 is 9.59 Å². The van der Waals surface area contributed by atoms with Gasteiger partial charge in [0.25, 0.3) is 0 Å². The summed E-state index contributed by atoms with van der Waals surface area (Å²) in [5.41, 5.74) is 11.6. The molecule has 0 spiro atoms. The number of aromatic nitrogens is 4. The zero-order chi connectivity index (χ0) is 32.8. The molecule has 5 N–H and O–H groups in total. The summed E-state index contributed by atoms with van der Waals surface area (Å²) in [6.45, 7) is 6.63. The largest absolute Gasteiger partial charge is 0.354 e. The van der Waals surface area contributed by atoms with E-state index in [-0.39, 0.29) is 29.3 Å². The Morgan fingerprint density at radius 2 is 1.72 bits per heavy atom. The second-order valence-electron chi connectivity index (χ2n) is 12.8. The number of H-pyrrole nitrogens is 1. The van der Waals surface area contributed by atoms with E-state index < -0.39 is 5.92 Å². The number of anilines is 2. The third-order valence-electron chi connectivity index (χ3n) is 9.61. The van der Waals surface area contributed by atoms with Crippen LogP contribution in [0.4, 0.5) is 11.5 Å². The molecule has 1 atom stereocenters. The number of carbonyl (C=O) groups excluding carboxylic acids is 2. The molecule has 11 heteroatoms. The predicted octanol–water partition coefficient (Wildman–Crippen LogP) is 5.43. The Balaban J connectivity index is 1.16. The maximum Gasteiger partial charge on any atom is 0.228 e. The number of aromatic amines is 1. The Morgan fingerprint density at radius 1 is 1.02 bits per heavy atom. The summed E-state index contributed by atoms with van der Waals surface area (Å²) in [7, 11) is 0. The molecule has 0 unspecified atom stereocenters. The van der Waals surface area contributed by atoms with Crippen LogP contribution in [0.15, 0.2) is 60.8 Å². The Labute approximate surface area is 280 Å². The number of nitrogens with two attached hydrogens (primary N) is 1. The van der Waals surface area contributed by atoms with Crippen molar-refractivity contribution in [1.29, 1.82) is 0 Å². The maximum absolute atomic E-state index is 13.7. The third-order valence-corrected chi connectivity index (χ3v) is 9.78. The lowest BCUT2D eigenvalue weighted by molar-refractivity contribution is -0.129. The van der Waals surface area contributed by atoms with E-state index in [0.29, 0.717) is 30.4 Å². The topological polar surface area (TPSA) is 142 Å². The first-order valence-corrected chi connectivity index (χ1v) is 17.0. The molecule has 1 amide bonds. The van der Waals surface area contributed by atoms with Gasteiger partial charge in [-0.3, -0.25) is 9.59 Å². The first-order chi connectivity index (χ1) is 22.9. The van der Waals surface area contributed by atoms with Gasteiger partial charge in [-0.2, -0.15) is 10.1 Å². The van der Waals surface area contributed by atoms with Gasteiger partial charge in [0.15, 0.2) is 5.82 Å². The number of Topliss-reactive ketones (excluding diaryl/α,β-unsaturated/α-hetero) is 1. The quantitative estimate of drug-likeness (QED) is 0.168. The highest BCUT2D eigenvalue weighted by atomic mass is 35.5. The van der Waals surface area contributed by atoms with E-state index >= 15 is 0 Å². The second kappa shape index (κ2) is 15.2. The first-order valence-electron chi connectivity index (χ1n) is 16.6. The second-order valence-corrected chi connectivity index (χ2v) is 13.2. The van der Waals surface area contributed by atoms with Crippen molar-refractivity contribution in [3.63, 3.8) is 0 Å². The number of benzene rings is 2. The summed E-state index contributed by atoms with van der Waals surface area (Å²) in [5.74, 6) is 1.46. The molecule has 2 aromatic heterocycles. The number of ketones is 1. The van der Waals surface area contributed by atoms with Crippen LogP contribution in [0.2, 0.25) is 5.28 Å². The fraction of sp³-hybridized carbons (Fsp3) is 0.417. The highest BCUT2D eigenvalue weighted by Crippen LogP contribution is 2.32. The zero-order valence-corrected chi connectivity index (χ0v) is 27.6. The SMILES string of the molecule is Cc1cc(N2CCNCC2)ncc1-c1ccc(C[C@H](CC(=O)C2CCC(CN)CC2)C(=O)Nc2ccc(-c3n[nH]c(Cl)n3)cc2)cc1. The molecule has 2 aromatic carbocycles. The zero-order valence-electron chi connectivity index (χ0n) is 26.8. The maximum atomic E-state index is 13.7. The van der Waals surface area contributed by atoms with E-state index in [2.05, 4.69) is 68.0 Å². The summed E-state index contributed by atoms with van der Waals surface area (Å²) >= 11 is 5.88. The van der Waals surface area contributed by atoms with Crippen LogP contribution >= 0.6 is 11.6 Å². The molecule has 4 aromatic rings. The van der Waals surface area contributed by atoms with Gasteiger partial charge in [0.05, 0.1) is 0 Å². The van der Waals surface area contributed by atoms with Crippen LogP contribution in [0.1, 0.15) is 43.2 Å². The Kier molecular flexibility index (Phi) is 10.6. The lowest BCUT2D eigenvalue weighted by Crippen LogP contribution is -2.43. The fourth-order valence-corrected chi connectivity index (χ4v) is 6.84. The standard InChI is InChI=1S/C36H43ClN8O2/c1-23-18-33(45-16-14-39-15-17-45)40-22-31(23)26-6-2-24(3-7-26)19-29(20-32(46)27-8-4-25(21-38)5-9-27)35(47)41-30-12-10-28(11-13-30)34-42-36(37)44-43-34/h2-3,6-7,10-13,18,22,25,27,29,39H,4-5,8-9,14-17,19-21,38H2,1H3,(H,41,47)(H,42,43,44)/t25?,27?,29-/m1/s1. The minimum atomic E-state index is -0.506. The van der Waals surface area contributed by atoms with E-state index in [1.165, 1.54) is 5.56 Å². The predicted molar refractivity (Wildman–Crippen MR) is 186 cm³/mol. The lowest BCUT2D eigenvalue weighted by Gasteiger charge is -2.28. The van der Waals surface area contributed by atoms with Crippen molar-refractivity contribution in [2.24, 2.45) is 23.5 Å². The molecule has 246 valence electrons. The molecule has 2 fully saturated rings. The van der Waals surface area contributed by atoms with Crippen molar-refractivity contribution in [3.8, 4) is 22.5 Å². The van der Waals surface area contributed by atoms with Crippen LogP contribution in [0, 0.1) is 24.7 Å². The number of piperazine rings is 1. The number of aryl methyl sites for hydroxylation is 1. The minimum absolute atomic E-state index is 0.0115. The van der Waals surface area contributed by atoms with Crippen molar-refractivity contribution in [1.82, 2.24) is 25.5 Å². The molecule has 1 aliphatic heterocycles. The molecular formula is C36H43ClN8O2. The van der Waals surface area contributed by atoms with E-state index in [1.807, 2.05) is 30.5 Å². The van der Waals surface area contributed by atoms with Gasteiger partial charge in [0, 0.05) is 67.4 Å². The van der Waals surface area contributed by atoms with Crippen LogP contribution in [0.25, 0.3) is 22.5 Å². The molecule has 2 aliphatic rings. The molecule has 0 bridgehead atoms. The van der Waals surface area contributed by atoms with Crippen LogP contribution in [-0.4, -0.2) is 64.6 Å². The van der Waals surface area contributed by atoms with Gasteiger partial charge in [0.1, 0.15) is 11.6 Å². The molecule has 1 saturated carbocycles. The number of nitrogens with one attached hydrogen (secondary N) is 3. The van der Waals surface area contributed by atoms with Crippen LogP contribution in [0.3, 0.4) is 0 Å². The van der Waals surface area contributed by atoms with Crippen LogP contribution in [-0.2, 0) is 16.0 Å². The van der Waals surface area contributed by atoms with Crippen molar-refractivity contribution in [3.05, 3.63) is 77.2 Å². The average molecular weight is 655 g/mol. The normalized spacial score (nSPS) is 18.9. The van der Waals surface area contributed by atoms with E-state index in [9.17, 15) is 9.59 Å². The molecule has 10 nitrogen and oxygen atoms in total. The highest BCUT2D eigenvalue weighted by molar-refractivity contribution is 6.28. The molecule has 1 aliphatic carbocycles. The van der Waals surface area contributed by atoms with Crippen molar-refractivity contribution >= 4 is 34.8 Å². The van der Waals surface area contributed by atoms with Crippen LogP contribution in [0.5, 0.6) is 0 Å². The smallest absolute Gasteiger partial charge is 0.228 e. The summed E-state index contributed by atoms with van der Waals surface area (Å²) in [6.07, 6.45) is 6.25. The number of nitrogens with zero attached hydrogens (tertiary/aromatic N) is 4. The van der Waals surface area contributed by atoms with Gasteiger partial charge in [-0.25, -0.2) is 10.1 Å². The van der Waals surface area contributed by atoms with Crippen molar-refractivity contribution in [2.45, 2.75) is 45.4 Å². The Bertz CT molecular complexity index is 1660. The number of hydrogen-bond acceptors (Lipinski definition) is 8. The van der Waals surface area contributed by atoms with Gasteiger partial charge in [-0.15, -0.1) is 0 Å². The van der Waals surface area contributed by atoms with Crippen molar-refractivity contribution in [2.75, 3.05) is 42.9 Å². The number of pyridine rings is 1. The average Bonchev–Trinajstić information content (AvgIpc) is 3.55. The van der Waals surface area contributed by atoms with Gasteiger partial charge in [-0.1, -0.05) is 24.3 Å². The number of hydrogen-bond donors (Lipinski definition) is 4. The Hall–Kier alpha value is -4.12. The summed E-state index contributed by atoms with van der Waals surface area (Å²) < 4.78 is 0. The number of rotatable bonds is 11. The lowest BCUT2D eigenvalue weighted by atomic mass is 9.77. The van der Waals surface area contributed by atoms with Gasteiger partial charge < -0.3 is 21.3 Å². The molecule has 0 radical (unpaired) electrons. The van der Waals surface area contributed by atoms with E-state index in [1.54, 1.807) is 0 Å². The minimum Gasteiger partial charge on any atom is -0.354 e. The molecule has 47 heavy (non-hydrogen) atoms. The monoisotopic (exact) mass is 654 g/mol.